The van der Waals surface area contributed by atoms with Gasteiger partial charge in [0.2, 0.25) is 13.3 Å². The third-order valence-electron chi connectivity index (χ3n) is 5.48. The zero-order valence-corrected chi connectivity index (χ0v) is 22.8. The molecule has 35 heavy (non-hydrogen) atoms. The van der Waals surface area contributed by atoms with Gasteiger partial charge in [0.15, 0.2) is 0 Å². The number of carbonyl (C=O) groups is 3. The van der Waals surface area contributed by atoms with E-state index < -0.39 is 35.6 Å². The van der Waals surface area contributed by atoms with Gasteiger partial charge in [-0.15, -0.1) is 0 Å². The Bertz CT molecular complexity index is 696. The van der Waals surface area contributed by atoms with Gasteiger partial charge in [-0.05, 0) is 0 Å². The topological polar surface area (TPSA) is 191 Å². The van der Waals surface area contributed by atoms with Crippen molar-refractivity contribution in [1.82, 2.24) is 20.0 Å². The Balaban J connectivity index is 2.83. The minimum absolute atomic E-state index is 0.0485. The van der Waals surface area contributed by atoms with Crippen LogP contribution in [0.1, 0.15) is 19.3 Å². The first-order chi connectivity index (χ1) is 16.4. The molecule has 0 spiro atoms. The number of aliphatic carboxylic acids is 2. The summed E-state index contributed by atoms with van der Waals surface area (Å²) in [6, 6.07) is 0. The van der Waals surface area contributed by atoms with E-state index in [2.05, 4.69) is 5.32 Å². The average Bonchev–Trinajstić information content (AvgIpc) is 2.86. The van der Waals surface area contributed by atoms with E-state index in [0.717, 1.165) is 0 Å². The summed E-state index contributed by atoms with van der Waals surface area (Å²) >= 11 is 0. The molecule has 16 heteroatoms. The number of rotatable bonds is 15. The summed E-state index contributed by atoms with van der Waals surface area (Å²) in [4.78, 5) is 70.0. The van der Waals surface area contributed by atoms with Crippen LogP contribution in [-0.4, -0.2) is 141 Å². The van der Waals surface area contributed by atoms with Crippen molar-refractivity contribution in [2.24, 2.45) is 0 Å². The van der Waals surface area contributed by atoms with Gasteiger partial charge in [-0.1, -0.05) is 0 Å². The Morgan fingerprint density at radius 3 is 1.57 bits per heavy atom. The molecule has 0 aromatic heterocycles. The summed E-state index contributed by atoms with van der Waals surface area (Å²) in [5, 5.41) is 20.2. The molecular weight excluding hydrogens is 521 g/mol. The second kappa shape index (κ2) is 16.9. The maximum Gasteiger partial charge on any atom is 0.303 e. The fraction of sp³-hybridized carbons (Fsp3) is 0.842. The Kier molecular flexibility index (Phi) is 15.6. The van der Waals surface area contributed by atoms with Gasteiger partial charge in [-0.2, -0.15) is 0 Å². The molecule has 1 aliphatic rings. The van der Waals surface area contributed by atoms with Crippen molar-refractivity contribution in [2.45, 2.75) is 19.3 Å². The number of carboxylic acid groups (broad SMARTS) is 2. The Morgan fingerprint density at radius 2 is 1.20 bits per heavy atom. The van der Waals surface area contributed by atoms with E-state index in [-0.39, 0.29) is 49.9 Å². The van der Waals surface area contributed by atoms with Crippen LogP contribution in [0.5, 0.6) is 0 Å². The maximum absolute atomic E-state index is 12.7. The fourth-order valence-electron chi connectivity index (χ4n) is 3.45. The van der Waals surface area contributed by atoms with Crippen LogP contribution in [-0.2, 0) is 18.9 Å². The summed E-state index contributed by atoms with van der Waals surface area (Å²) in [6.07, 6.45) is 0.463. The summed E-state index contributed by atoms with van der Waals surface area (Å²) in [5.41, 5.74) is 0. The van der Waals surface area contributed by atoms with Crippen LogP contribution >= 0.6 is 23.7 Å². The van der Waals surface area contributed by atoms with Gasteiger partial charge >= 0.3 is 11.9 Å². The molecule has 1 amide bonds. The van der Waals surface area contributed by atoms with Crippen molar-refractivity contribution in [3.8, 4) is 0 Å². The van der Waals surface area contributed by atoms with Gasteiger partial charge < -0.3 is 30.2 Å². The zero-order valence-electron chi connectivity index (χ0n) is 20.2. The minimum atomic E-state index is -3.61. The van der Waals surface area contributed by atoms with Gasteiger partial charge in [0.25, 0.3) is 0 Å². The van der Waals surface area contributed by atoms with Crippen molar-refractivity contribution < 1.29 is 43.8 Å². The van der Waals surface area contributed by atoms with Crippen LogP contribution in [0, 0.1) is 0 Å². The molecule has 0 saturated carbocycles. The molecule has 1 fully saturated rings. The fourth-order valence-corrected chi connectivity index (χ4v) is 7.72. The second-order valence-corrected chi connectivity index (χ2v) is 14.4. The van der Waals surface area contributed by atoms with Gasteiger partial charge in [0, 0.05) is 100 Å². The highest BCUT2D eigenvalue weighted by Crippen LogP contribution is 2.42. The van der Waals surface area contributed by atoms with Crippen LogP contribution in [0.3, 0.4) is 0 Å². The number of carbonyl (C=O) groups excluding carboxylic acids is 1. The molecule has 1 saturated heterocycles. The quantitative estimate of drug-likeness (QED) is 0.146. The lowest BCUT2D eigenvalue weighted by molar-refractivity contribution is -0.137. The Morgan fingerprint density at radius 1 is 0.800 bits per heavy atom. The third-order valence-corrected chi connectivity index (χ3v) is 10.2. The molecule has 0 aromatic rings. The van der Waals surface area contributed by atoms with E-state index in [9.17, 15) is 33.6 Å². The highest BCUT2D eigenvalue weighted by Gasteiger charge is 2.26. The second-order valence-electron chi connectivity index (χ2n) is 8.52. The molecule has 204 valence electrons. The lowest BCUT2D eigenvalue weighted by atomic mass is 10.5. The van der Waals surface area contributed by atoms with Gasteiger partial charge in [0.1, 0.15) is 0 Å². The molecule has 1 rings (SSSR count). The van der Waals surface area contributed by atoms with Gasteiger partial charge in [0.05, 0.1) is 19.1 Å². The Hall–Kier alpha value is -0.740. The standard InChI is InChI=1S/C19H39N4O9P3/c1-20-17(24)4-13-35(31,32)16-23-9-7-21(14-33(29)11-2-18(25)26)5-6-22(8-10-23)15-34(30)12-3-19(27)28/h29-30H,2-16H2,1H3,(H,20,24)(H,25,26)(H,27,28)(H,31,32). The Labute approximate surface area is 208 Å². The highest BCUT2D eigenvalue weighted by molar-refractivity contribution is 7.57. The van der Waals surface area contributed by atoms with Gasteiger partial charge in [-0.25, -0.2) is 0 Å². The van der Waals surface area contributed by atoms with E-state index >= 15 is 0 Å². The molecule has 0 aromatic carbocycles. The first kappa shape index (κ1) is 32.3. The molecule has 6 N–H and O–H groups in total. The number of carboxylic acids is 2. The van der Waals surface area contributed by atoms with Crippen molar-refractivity contribution in [1.29, 1.82) is 0 Å². The van der Waals surface area contributed by atoms with E-state index in [4.69, 9.17) is 10.2 Å². The molecular formula is C19H39N4O9P3. The number of nitrogens with zero attached hydrogens (tertiary/aromatic N) is 3. The van der Waals surface area contributed by atoms with Crippen LogP contribution < -0.4 is 5.32 Å². The first-order valence-electron chi connectivity index (χ1n) is 11.4. The van der Waals surface area contributed by atoms with Crippen LogP contribution in [0.25, 0.3) is 0 Å². The highest BCUT2D eigenvalue weighted by atomic mass is 31.2. The predicted molar refractivity (Wildman–Crippen MR) is 135 cm³/mol. The van der Waals surface area contributed by atoms with E-state index in [1.165, 1.54) is 7.05 Å². The number of amides is 1. The average molecular weight is 560 g/mol. The summed E-state index contributed by atoms with van der Waals surface area (Å²) in [6.45, 7) is 3.01. The number of hydrogen-bond donors (Lipinski definition) is 6. The number of hydrogen-bond acceptors (Lipinski definition) is 9. The molecule has 1 aliphatic heterocycles. The SMILES string of the molecule is CNC(=O)CCP(=O)(O)CN1CCN(CP(O)CCC(=O)O)CCN(CP(O)CCC(=O)O)CC1. The van der Waals surface area contributed by atoms with Crippen molar-refractivity contribution in [3.63, 3.8) is 0 Å². The van der Waals surface area contributed by atoms with Crippen LogP contribution in [0.4, 0.5) is 0 Å². The molecule has 1 heterocycles. The molecule has 3 atom stereocenters. The summed E-state index contributed by atoms with van der Waals surface area (Å²) in [7, 11) is -5.17. The summed E-state index contributed by atoms with van der Waals surface area (Å²) in [5.74, 6) is -2.25. The van der Waals surface area contributed by atoms with E-state index in [0.29, 0.717) is 51.8 Å². The van der Waals surface area contributed by atoms with E-state index in [1.807, 2.05) is 14.7 Å². The minimum Gasteiger partial charge on any atom is -0.481 e. The van der Waals surface area contributed by atoms with E-state index in [1.54, 1.807) is 0 Å². The maximum atomic E-state index is 12.7. The third kappa shape index (κ3) is 15.9. The zero-order chi connectivity index (χ0) is 26.4. The normalized spacial score (nSPS) is 20.1. The van der Waals surface area contributed by atoms with Gasteiger partial charge in [-0.3, -0.25) is 33.6 Å². The molecule has 0 bridgehead atoms. The lowest BCUT2D eigenvalue weighted by Gasteiger charge is -2.28. The van der Waals surface area contributed by atoms with Crippen molar-refractivity contribution in [2.75, 3.05) is 83.7 Å². The molecule has 13 nitrogen and oxygen atoms in total. The largest absolute Gasteiger partial charge is 0.481 e. The number of nitrogens with one attached hydrogen (secondary N) is 1. The monoisotopic (exact) mass is 560 g/mol. The first-order valence-corrected chi connectivity index (χ1v) is 16.8. The van der Waals surface area contributed by atoms with Crippen molar-refractivity contribution >= 4 is 41.5 Å². The molecule has 0 aliphatic carbocycles. The smallest absolute Gasteiger partial charge is 0.303 e. The lowest BCUT2D eigenvalue weighted by Crippen LogP contribution is -2.37. The summed E-state index contributed by atoms with van der Waals surface area (Å²) < 4.78 is 12.7. The van der Waals surface area contributed by atoms with Crippen LogP contribution in [0.2, 0.25) is 0 Å². The van der Waals surface area contributed by atoms with Crippen LogP contribution in [0.15, 0.2) is 0 Å². The predicted octanol–water partition coefficient (Wildman–Crippen LogP) is -0.0872. The molecule has 0 radical (unpaired) electrons. The van der Waals surface area contributed by atoms with Crippen molar-refractivity contribution in [3.05, 3.63) is 0 Å². The molecule has 3 unspecified atom stereocenters.